The van der Waals surface area contributed by atoms with Gasteiger partial charge in [-0.25, -0.2) is 27.8 Å². The zero-order valence-electron chi connectivity index (χ0n) is 51.1. The summed E-state index contributed by atoms with van der Waals surface area (Å²) in [5, 5.41) is 40.2. The van der Waals surface area contributed by atoms with Gasteiger partial charge in [0.05, 0.1) is 57.9 Å². The number of sulfonamides is 1. The molecule has 0 bridgehead atoms. The number of imidazole rings is 1. The number of alkyl halides is 9. The van der Waals surface area contributed by atoms with Crippen LogP contribution in [0.25, 0.3) is 10.9 Å². The number of benzene rings is 2. The molecule has 30 nitrogen and oxygen atoms in total. The maximum Gasteiger partial charge on any atom is 0.490 e. The molecule has 0 aliphatic carbocycles. The lowest BCUT2D eigenvalue weighted by atomic mass is 10.1. The third-order valence-corrected chi connectivity index (χ3v) is 14.7. The van der Waals surface area contributed by atoms with Gasteiger partial charge in [0.1, 0.15) is 11.6 Å². The largest absolute Gasteiger partial charge is 0.490 e. The second-order valence-corrected chi connectivity index (χ2v) is 21.8. The third kappa shape index (κ3) is 28.9. The molecule has 524 valence electrons. The summed E-state index contributed by atoms with van der Waals surface area (Å²) in [4.78, 5) is 132. The van der Waals surface area contributed by atoms with Crippen LogP contribution in [0.2, 0.25) is 0 Å². The molecule has 0 saturated carbocycles. The van der Waals surface area contributed by atoms with Gasteiger partial charge in [0.25, 0.3) is 5.91 Å². The van der Waals surface area contributed by atoms with Crippen molar-refractivity contribution in [1.29, 1.82) is 0 Å². The van der Waals surface area contributed by atoms with E-state index >= 15 is 0 Å². The zero-order valence-corrected chi connectivity index (χ0v) is 51.9. The fourth-order valence-electron chi connectivity index (χ4n) is 8.44. The molecule has 1 fully saturated rings. The lowest BCUT2D eigenvalue weighted by Crippen LogP contribution is -2.50. The van der Waals surface area contributed by atoms with Crippen molar-refractivity contribution in [3.8, 4) is 0 Å². The number of hydrogen-bond donors (Lipinski definition) is 9. The molecule has 1 atom stereocenters. The van der Waals surface area contributed by atoms with Crippen LogP contribution in [0, 0.1) is 20.8 Å². The fourth-order valence-corrected chi connectivity index (χ4v) is 10.1. The normalized spacial score (nSPS) is 14.2. The Kier molecular flexibility index (Phi) is 32.5. The molecule has 40 heteroatoms. The minimum Gasteiger partial charge on any atom is -0.480 e. The molecule has 0 spiro atoms. The minimum absolute atomic E-state index is 0.0131. The summed E-state index contributed by atoms with van der Waals surface area (Å²) in [6.45, 7) is 8.09. The Bertz CT molecular complexity index is 3310. The molecule has 4 aromatic rings. The monoisotopic (exact) mass is 1380 g/mol. The van der Waals surface area contributed by atoms with Crippen molar-refractivity contribution in [2.75, 3.05) is 118 Å². The first-order chi connectivity index (χ1) is 43.6. The number of halogens is 9. The highest BCUT2D eigenvalue weighted by atomic mass is 32.2. The second-order valence-electron chi connectivity index (χ2n) is 20.1. The number of carbonyl (C=O) groups is 9. The van der Waals surface area contributed by atoms with Crippen molar-refractivity contribution in [2.24, 2.45) is 0 Å². The fraction of sp³-hybridized carbons (Fsp3) is 0.500. The van der Waals surface area contributed by atoms with Crippen LogP contribution in [0.3, 0.4) is 0 Å². The predicted molar refractivity (Wildman–Crippen MR) is 309 cm³/mol. The first-order valence-electron chi connectivity index (χ1n) is 27.4. The van der Waals surface area contributed by atoms with Crippen LogP contribution in [-0.2, 0) is 75.7 Å². The lowest BCUT2D eigenvalue weighted by molar-refractivity contribution is -0.193. The number of nitrogens with zero attached hydrogens (tertiary/aromatic N) is 6. The number of aromatic nitrogens is 3. The number of carbonyl (C=O) groups excluding carboxylic acids is 5. The van der Waals surface area contributed by atoms with E-state index in [1.165, 1.54) is 27.5 Å². The van der Waals surface area contributed by atoms with Gasteiger partial charge in [0, 0.05) is 103 Å². The number of aryl methyl sites for hydroxylation is 4. The quantitative estimate of drug-likeness (QED) is 0.0233. The minimum atomic E-state index is -5.08. The van der Waals surface area contributed by atoms with Gasteiger partial charge in [-0.2, -0.15) is 44.2 Å². The highest BCUT2D eigenvalue weighted by Crippen LogP contribution is 2.23. The number of anilines is 1. The van der Waals surface area contributed by atoms with E-state index in [2.05, 4.69) is 30.6 Å². The Labute approximate surface area is 529 Å². The van der Waals surface area contributed by atoms with Crippen molar-refractivity contribution in [3.63, 3.8) is 0 Å². The molecule has 2 aromatic heterocycles. The van der Waals surface area contributed by atoms with Crippen molar-refractivity contribution in [3.05, 3.63) is 87.0 Å². The van der Waals surface area contributed by atoms with E-state index in [-0.39, 0.29) is 61.0 Å². The van der Waals surface area contributed by atoms with Crippen LogP contribution in [0.5, 0.6) is 0 Å². The summed E-state index contributed by atoms with van der Waals surface area (Å²) in [5.74, 6) is -11.8. The number of H-pyrrole nitrogens is 1. The van der Waals surface area contributed by atoms with Crippen LogP contribution >= 0.6 is 0 Å². The number of pyridine rings is 1. The van der Waals surface area contributed by atoms with Gasteiger partial charge < -0.3 is 60.1 Å². The molecule has 1 aliphatic heterocycles. The number of aliphatic carboxylic acids is 4. The summed E-state index contributed by atoms with van der Waals surface area (Å²) < 4.78 is 141. The van der Waals surface area contributed by atoms with Crippen LogP contribution in [0.1, 0.15) is 39.0 Å². The number of nitrogens with one attached hydrogen (secondary N) is 5. The van der Waals surface area contributed by atoms with Crippen LogP contribution in [0.4, 0.5) is 45.5 Å². The van der Waals surface area contributed by atoms with Gasteiger partial charge in [0.2, 0.25) is 21.4 Å². The highest BCUT2D eigenvalue weighted by molar-refractivity contribution is 7.89. The number of aromatic amines is 1. The number of ether oxygens (including phenoxy) is 3. The van der Waals surface area contributed by atoms with E-state index in [0.717, 1.165) is 11.1 Å². The Morgan fingerprint density at radius 3 is 1.46 bits per heavy atom. The molecule has 0 radical (unpaired) electrons. The number of amides is 2. The Hall–Kier alpha value is -8.99. The molecular weight excluding hydrogens is 1310 g/mol. The van der Waals surface area contributed by atoms with Crippen LogP contribution in [0.15, 0.2) is 58.6 Å². The van der Waals surface area contributed by atoms with E-state index in [1.807, 2.05) is 26.5 Å². The molecule has 2 amide bonds. The SMILES string of the molecule is COC(=O)CN1CCN(CC(=O)NCCCn2cc(C(=O)NC[C@H](NS(=O)(=O)c3c(C)cc(C)cc3C)C(=O)O)c(=O)c3ccc(CNc4ncc[nH]4)cc32)CCN(CC(=O)OC)CCN(CC(=O)OC)CC1.O=C(O)C(F)(F)F.O=C(O)C(F)(F)F.O=C(O)C(F)(F)F. The Morgan fingerprint density at radius 1 is 0.649 bits per heavy atom. The molecule has 1 saturated heterocycles. The number of rotatable bonds is 22. The summed E-state index contributed by atoms with van der Waals surface area (Å²) in [5.41, 5.74) is 1.97. The lowest BCUT2D eigenvalue weighted by Gasteiger charge is -2.33. The predicted octanol–water partition coefficient (Wildman–Crippen LogP) is 1.57. The first-order valence-corrected chi connectivity index (χ1v) is 28.9. The Morgan fingerprint density at radius 2 is 1.07 bits per heavy atom. The molecule has 3 heterocycles. The van der Waals surface area contributed by atoms with Gasteiger partial charge in [-0.05, 0) is 56.0 Å². The van der Waals surface area contributed by atoms with Gasteiger partial charge in [-0.3, -0.25) is 53.2 Å². The maximum absolute atomic E-state index is 14.0. The smallest absolute Gasteiger partial charge is 0.480 e. The van der Waals surface area contributed by atoms with Crippen molar-refractivity contribution >= 4 is 80.5 Å². The Balaban J connectivity index is 0.00000123. The molecule has 2 aromatic carbocycles. The van der Waals surface area contributed by atoms with Crippen molar-refractivity contribution in [2.45, 2.75) is 69.7 Å². The summed E-state index contributed by atoms with van der Waals surface area (Å²) in [6.07, 6.45) is -10.3. The van der Waals surface area contributed by atoms with Crippen LogP contribution in [-0.4, -0.2) is 254 Å². The van der Waals surface area contributed by atoms with E-state index in [1.54, 1.807) is 61.1 Å². The summed E-state index contributed by atoms with van der Waals surface area (Å²) in [6, 6.07) is 6.64. The van der Waals surface area contributed by atoms with Gasteiger partial charge in [0.15, 0.2) is 5.95 Å². The van der Waals surface area contributed by atoms with Gasteiger partial charge >= 0.3 is 60.3 Å². The third-order valence-electron chi connectivity index (χ3n) is 12.9. The highest BCUT2D eigenvalue weighted by Gasteiger charge is 2.40. The number of hydrogen-bond acceptors (Lipinski definition) is 21. The average molecular weight is 1380 g/mol. The molecule has 5 rings (SSSR count). The first kappa shape index (κ1) is 81.1. The molecular formula is C54H70F9N11O19S. The zero-order chi connectivity index (χ0) is 71.5. The number of carboxylic acids is 4. The molecule has 9 N–H and O–H groups in total. The van der Waals surface area contributed by atoms with Crippen molar-refractivity contribution in [1.82, 2.24) is 49.5 Å². The van der Waals surface area contributed by atoms with E-state index < -0.39 is 94.3 Å². The number of methoxy groups -OCH3 is 3. The van der Waals surface area contributed by atoms with Crippen LogP contribution < -0.4 is 26.1 Å². The van der Waals surface area contributed by atoms with E-state index in [9.17, 15) is 86.6 Å². The van der Waals surface area contributed by atoms with Gasteiger partial charge in [-0.15, -0.1) is 0 Å². The van der Waals surface area contributed by atoms with Gasteiger partial charge in [-0.1, -0.05) is 23.8 Å². The summed E-state index contributed by atoms with van der Waals surface area (Å²) >= 11 is 0. The number of esters is 3. The van der Waals surface area contributed by atoms with E-state index in [4.69, 9.17) is 43.9 Å². The number of fused-ring (bicyclic) bond motifs is 1. The average Bonchev–Trinajstić information content (AvgIpc) is 0.857. The molecule has 1 aliphatic rings. The molecule has 94 heavy (non-hydrogen) atoms. The number of carboxylic acid groups (broad SMARTS) is 4. The standard InChI is InChI=1S/C48H67N11O13S.3C2HF3O2/c1-32-22-33(2)45(34(3)23-32)73(68,69)54-38(47(66)67)26-52-46(65)37-27-59(39-24-35(8-9-36(39)44(37)64)25-53-48-50-11-12-51-48)13-7-10-49-40(60)28-55-14-16-56(29-41(61)70-4)18-20-58(31-43(63)72-6)21-19-57(17-15-55)30-42(62)71-5;3*3-2(4,5)1(6)7/h8-9,11-12,22-24,27,38,54H,7,10,13-21,25-26,28-31H2,1-6H3,(H,49,60)(H,52,65)(H,66,67)(H2,50,51,53);3*(H,6,7)/t38-;;;/m0.../s1. The maximum atomic E-state index is 14.0. The second kappa shape index (κ2) is 37.6. The topological polar surface area (TPSA) is 408 Å². The summed E-state index contributed by atoms with van der Waals surface area (Å²) in [7, 11) is -0.452. The molecule has 0 unspecified atom stereocenters. The van der Waals surface area contributed by atoms with Crippen molar-refractivity contribution < 1.29 is 126 Å². The van der Waals surface area contributed by atoms with E-state index in [0.29, 0.717) is 87.9 Å².